The van der Waals surface area contributed by atoms with E-state index in [1.807, 2.05) is 6.08 Å². The van der Waals surface area contributed by atoms with Crippen LogP contribution in [0.4, 0.5) is 4.39 Å². The molecule has 1 nitrogen and oxygen atoms in total. The summed E-state index contributed by atoms with van der Waals surface area (Å²) in [5.74, 6) is 0. The van der Waals surface area contributed by atoms with Crippen LogP contribution < -0.4 is 0 Å². The lowest BCUT2D eigenvalue weighted by molar-refractivity contribution is 0.187. The average Bonchev–Trinajstić information content (AvgIpc) is 2.17. The van der Waals surface area contributed by atoms with Crippen molar-refractivity contribution in [1.29, 1.82) is 0 Å². The van der Waals surface area contributed by atoms with Gasteiger partial charge in [0.15, 0.2) is 0 Å². The van der Waals surface area contributed by atoms with Gasteiger partial charge in [-0.25, -0.2) is 0 Å². The molecule has 0 aromatic carbocycles. The summed E-state index contributed by atoms with van der Waals surface area (Å²) in [6.07, 6.45) is 3.62. The molecule has 2 heteroatoms. The topological polar surface area (TPSA) is 20.2 Å². The fraction of sp³-hybridized carbons (Fsp3) is 0.714. The minimum absolute atomic E-state index is 0.230. The summed E-state index contributed by atoms with van der Waals surface area (Å²) in [6.45, 7) is -0.293. The third kappa shape index (κ3) is 1.79. The Morgan fingerprint density at radius 1 is 1.78 bits per heavy atom. The predicted octanol–water partition coefficient (Wildman–Crippen LogP) is 1.43. The molecular formula is C7H11FO. The summed E-state index contributed by atoms with van der Waals surface area (Å²) in [5.41, 5.74) is 1.07. The normalized spacial score (nSPS) is 26.4. The first kappa shape index (κ1) is 6.75. The first-order valence-electron chi connectivity index (χ1n) is 3.25. The number of halogens is 1. The second-order valence-electron chi connectivity index (χ2n) is 2.40. The van der Waals surface area contributed by atoms with Gasteiger partial charge in [-0.15, -0.1) is 0 Å². The monoisotopic (exact) mass is 130 g/mol. The molecule has 1 atom stereocenters. The molecule has 0 fully saturated rings. The zero-order valence-corrected chi connectivity index (χ0v) is 5.31. The van der Waals surface area contributed by atoms with Gasteiger partial charge in [0.25, 0.3) is 0 Å². The van der Waals surface area contributed by atoms with Gasteiger partial charge in [0.05, 0.1) is 12.8 Å². The Hall–Kier alpha value is -0.370. The Morgan fingerprint density at radius 2 is 2.56 bits per heavy atom. The van der Waals surface area contributed by atoms with Gasteiger partial charge >= 0.3 is 0 Å². The van der Waals surface area contributed by atoms with Crippen molar-refractivity contribution in [2.45, 2.75) is 25.4 Å². The minimum atomic E-state index is -0.293. The van der Waals surface area contributed by atoms with Gasteiger partial charge in [0.1, 0.15) is 0 Å². The van der Waals surface area contributed by atoms with Crippen molar-refractivity contribution in [2.75, 3.05) is 6.67 Å². The van der Waals surface area contributed by atoms with Crippen molar-refractivity contribution in [3.63, 3.8) is 0 Å². The lowest BCUT2D eigenvalue weighted by atomic mass is 10.2. The Kier molecular flexibility index (Phi) is 2.22. The number of hydrogen-bond donors (Lipinski definition) is 1. The highest BCUT2D eigenvalue weighted by Gasteiger charge is 2.12. The summed E-state index contributed by atoms with van der Waals surface area (Å²) < 4.78 is 11.6. The minimum Gasteiger partial charge on any atom is -0.392 e. The van der Waals surface area contributed by atoms with E-state index in [9.17, 15) is 4.39 Å². The van der Waals surface area contributed by atoms with E-state index < -0.39 is 0 Å². The van der Waals surface area contributed by atoms with Crippen molar-refractivity contribution in [3.8, 4) is 0 Å². The van der Waals surface area contributed by atoms with Crippen LogP contribution in [0.25, 0.3) is 0 Å². The average molecular weight is 130 g/mol. The molecule has 0 saturated heterocycles. The second kappa shape index (κ2) is 2.97. The first-order valence-corrected chi connectivity index (χ1v) is 3.25. The van der Waals surface area contributed by atoms with Gasteiger partial charge in [-0.2, -0.15) is 0 Å². The van der Waals surface area contributed by atoms with Crippen molar-refractivity contribution < 1.29 is 9.50 Å². The van der Waals surface area contributed by atoms with Crippen LogP contribution in [0.5, 0.6) is 0 Å². The molecule has 1 aliphatic carbocycles. The zero-order chi connectivity index (χ0) is 6.69. The van der Waals surface area contributed by atoms with E-state index >= 15 is 0 Å². The van der Waals surface area contributed by atoms with Crippen LogP contribution in [-0.2, 0) is 0 Å². The van der Waals surface area contributed by atoms with Crippen molar-refractivity contribution >= 4 is 0 Å². The van der Waals surface area contributed by atoms with Crippen LogP contribution in [0.2, 0.25) is 0 Å². The molecule has 9 heavy (non-hydrogen) atoms. The summed E-state index contributed by atoms with van der Waals surface area (Å²) >= 11 is 0. The van der Waals surface area contributed by atoms with Gasteiger partial charge in [0.2, 0.25) is 0 Å². The van der Waals surface area contributed by atoms with Crippen LogP contribution in [0.1, 0.15) is 19.3 Å². The number of alkyl halides is 1. The molecular weight excluding hydrogens is 119 g/mol. The summed E-state index contributed by atoms with van der Waals surface area (Å²) in [6, 6.07) is 0. The molecule has 0 heterocycles. The molecule has 0 amide bonds. The molecule has 0 aliphatic heterocycles. The lowest BCUT2D eigenvalue weighted by Crippen LogP contribution is -1.98. The standard InChI is InChI=1S/C7H11FO/c8-4-3-6-1-2-7(9)5-6/h1,7,9H,2-5H2/t7-/m0/s1. The van der Waals surface area contributed by atoms with Gasteiger partial charge in [-0.1, -0.05) is 11.6 Å². The maximum absolute atomic E-state index is 11.6. The van der Waals surface area contributed by atoms with E-state index in [0.717, 1.165) is 12.0 Å². The van der Waals surface area contributed by atoms with Crippen molar-refractivity contribution in [2.24, 2.45) is 0 Å². The molecule has 52 valence electrons. The number of aliphatic hydroxyl groups is 1. The zero-order valence-electron chi connectivity index (χ0n) is 5.31. The van der Waals surface area contributed by atoms with Crippen LogP contribution in [-0.4, -0.2) is 17.9 Å². The lowest BCUT2D eigenvalue weighted by Gasteiger charge is -1.98. The van der Waals surface area contributed by atoms with E-state index in [1.165, 1.54) is 0 Å². The third-order valence-electron chi connectivity index (χ3n) is 1.59. The molecule has 0 radical (unpaired) electrons. The molecule has 1 aliphatic rings. The molecule has 0 bridgehead atoms. The van der Waals surface area contributed by atoms with Crippen molar-refractivity contribution in [1.82, 2.24) is 0 Å². The van der Waals surface area contributed by atoms with E-state index in [4.69, 9.17) is 5.11 Å². The van der Waals surface area contributed by atoms with E-state index in [1.54, 1.807) is 0 Å². The van der Waals surface area contributed by atoms with E-state index in [-0.39, 0.29) is 12.8 Å². The number of aliphatic hydroxyl groups excluding tert-OH is 1. The number of hydrogen-bond acceptors (Lipinski definition) is 1. The van der Waals surface area contributed by atoms with Gasteiger partial charge < -0.3 is 5.11 Å². The number of rotatable bonds is 2. The highest BCUT2D eigenvalue weighted by molar-refractivity contribution is 5.10. The second-order valence-corrected chi connectivity index (χ2v) is 2.40. The Balaban J connectivity index is 2.27. The quantitative estimate of drug-likeness (QED) is 0.560. The summed E-state index contributed by atoms with van der Waals surface area (Å²) in [4.78, 5) is 0. The molecule has 0 saturated carbocycles. The molecule has 1 rings (SSSR count). The van der Waals surface area contributed by atoms with E-state index in [0.29, 0.717) is 12.8 Å². The van der Waals surface area contributed by atoms with Crippen molar-refractivity contribution in [3.05, 3.63) is 11.6 Å². The Bertz CT molecular complexity index is 120. The molecule has 0 unspecified atom stereocenters. The third-order valence-corrected chi connectivity index (χ3v) is 1.59. The first-order chi connectivity index (χ1) is 4.33. The highest BCUT2D eigenvalue weighted by atomic mass is 19.1. The van der Waals surface area contributed by atoms with Crippen LogP contribution in [0.3, 0.4) is 0 Å². The maximum atomic E-state index is 11.6. The maximum Gasteiger partial charge on any atom is 0.0931 e. The Morgan fingerprint density at radius 3 is 3.00 bits per heavy atom. The highest BCUT2D eigenvalue weighted by Crippen LogP contribution is 2.20. The summed E-state index contributed by atoms with van der Waals surface area (Å²) in [5, 5.41) is 8.95. The predicted molar refractivity (Wildman–Crippen MR) is 33.9 cm³/mol. The van der Waals surface area contributed by atoms with E-state index in [2.05, 4.69) is 0 Å². The molecule has 0 aromatic heterocycles. The summed E-state index contributed by atoms with van der Waals surface area (Å²) in [7, 11) is 0. The SMILES string of the molecule is O[C@H]1CC=C(CCF)C1. The van der Waals surface area contributed by atoms with Crippen LogP contribution in [0.15, 0.2) is 11.6 Å². The van der Waals surface area contributed by atoms with Crippen LogP contribution in [0, 0.1) is 0 Å². The Labute approximate surface area is 54.2 Å². The fourth-order valence-corrected chi connectivity index (χ4v) is 1.10. The van der Waals surface area contributed by atoms with Gasteiger partial charge in [-0.05, 0) is 19.3 Å². The molecule has 0 aromatic rings. The molecule has 1 N–H and O–H groups in total. The van der Waals surface area contributed by atoms with Gasteiger partial charge in [-0.3, -0.25) is 4.39 Å². The van der Waals surface area contributed by atoms with Crippen LogP contribution >= 0.6 is 0 Å². The fourth-order valence-electron chi connectivity index (χ4n) is 1.10. The molecule has 0 spiro atoms. The largest absolute Gasteiger partial charge is 0.392 e. The van der Waals surface area contributed by atoms with Gasteiger partial charge in [0, 0.05) is 0 Å². The smallest absolute Gasteiger partial charge is 0.0931 e.